The van der Waals surface area contributed by atoms with E-state index >= 15 is 0 Å². The van der Waals surface area contributed by atoms with Crippen LogP contribution in [0.25, 0.3) is 0 Å². The van der Waals surface area contributed by atoms with Crippen molar-refractivity contribution in [2.24, 2.45) is 7.05 Å². The van der Waals surface area contributed by atoms with Crippen molar-refractivity contribution in [3.63, 3.8) is 0 Å². The molecule has 1 N–H and O–H groups in total. The second-order valence-electron chi connectivity index (χ2n) is 4.29. The smallest absolute Gasteiger partial charge is 0.305 e. The van der Waals surface area contributed by atoms with Gasteiger partial charge in [0.2, 0.25) is 10.0 Å². The number of rotatable bonds is 4. The Morgan fingerprint density at radius 1 is 1.63 bits per heavy atom. The third-order valence-electron chi connectivity index (χ3n) is 2.87. The predicted octanol–water partition coefficient (Wildman–Crippen LogP) is 0.000900. The van der Waals surface area contributed by atoms with Gasteiger partial charge in [-0.05, 0) is 0 Å². The average molecular weight is 305 g/mol. The van der Waals surface area contributed by atoms with Crippen LogP contribution in [0, 0.1) is 0 Å². The third-order valence-corrected chi connectivity index (χ3v) is 5.87. The maximum atomic E-state index is 12.5. The van der Waals surface area contributed by atoms with E-state index in [1.165, 1.54) is 21.4 Å². The van der Waals surface area contributed by atoms with Crippen LogP contribution in [0.15, 0.2) is 17.3 Å². The molecule has 1 aliphatic heterocycles. The summed E-state index contributed by atoms with van der Waals surface area (Å²) in [5, 5.41) is 12.7. The summed E-state index contributed by atoms with van der Waals surface area (Å²) < 4.78 is 27.6. The van der Waals surface area contributed by atoms with Crippen LogP contribution in [0.4, 0.5) is 0 Å². The molecule has 19 heavy (non-hydrogen) atoms. The molecule has 1 unspecified atom stereocenters. The second-order valence-corrected chi connectivity index (χ2v) is 7.33. The number of aryl methyl sites for hydroxylation is 1. The number of hydrogen-bond acceptors (Lipinski definition) is 5. The molecule has 2 heterocycles. The number of carbonyl (C=O) groups is 1. The van der Waals surface area contributed by atoms with E-state index in [-0.39, 0.29) is 11.3 Å². The molecule has 1 aromatic rings. The third kappa shape index (κ3) is 3.10. The van der Waals surface area contributed by atoms with Crippen LogP contribution in [-0.4, -0.2) is 57.7 Å². The normalized spacial score (nSPS) is 21.4. The van der Waals surface area contributed by atoms with Gasteiger partial charge in [0.05, 0.1) is 12.6 Å². The van der Waals surface area contributed by atoms with Gasteiger partial charge in [-0.3, -0.25) is 9.48 Å². The molecule has 1 aromatic heterocycles. The van der Waals surface area contributed by atoms with Gasteiger partial charge < -0.3 is 5.11 Å². The molecule has 1 aliphatic rings. The molecule has 0 aromatic carbocycles. The Kier molecular flexibility index (Phi) is 4.16. The molecule has 0 radical (unpaired) electrons. The zero-order valence-electron chi connectivity index (χ0n) is 10.4. The van der Waals surface area contributed by atoms with Gasteiger partial charge in [-0.25, -0.2) is 8.42 Å². The maximum Gasteiger partial charge on any atom is 0.305 e. The first-order valence-electron chi connectivity index (χ1n) is 5.71. The fourth-order valence-electron chi connectivity index (χ4n) is 1.99. The van der Waals surface area contributed by atoms with Crippen molar-refractivity contribution >= 4 is 27.8 Å². The standard InChI is InChI=1S/C10H15N3O4S2/c1-12-6-9(5-11-12)19(16,17)13-2-3-18-7-8(13)4-10(14)15/h5-6,8H,2-4,7H2,1H3,(H,14,15). The van der Waals surface area contributed by atoms with Crippen LogP contribution < -0.4 is 0 Å². The van der Waals surface area contributed by atoms with E-state index in [9.17, 15) is 13.2 Å². The van der Waals surface area contributed by atoms with E-state index in [0.29, 0.717) is 18.1 Å². The number of aliphatic carboxylic acids is 1. The highest BCUT2D eigenvalue weighted by molar-refractivity contribution is 7.99. The summed E-state index contributed by atoms with van der Waals surface area (Å²) in [6.45, 7) is 0.333. The Labute approximate surface area is 115 Å². The fraction of sp³-hybridized carbons (Fsp3) is 0.600. The Bertz CT molecular complexity index is 569. The highest BCUT2D eigenvalue weighted by Crippen LogP contribution is 2.25. The molecule has 2 rings (SSSR count). The predicted molar refractivity (Wildman–Crippen MR) is 70.5 cm³/mol. The number of nitrogens with zero attached hydrogens (tertiary/aromatic N) is 3. The first-order valence-corrected chi connectivity index (χ1v) is 8.31. The zero-order chi connectivity index (χ0) is 14.0. The minimum atomic E-state index is -3.66. The van der Waals surface area contributed by atoms with Crippen molar-refractivity contribution in [2.45, 2.75) is 17.4 Å². The van der Waals surface area contributed by atoms with Gasteiger partial charge >= 0.3 is 5.97 Å². The van der Waals surface area contributed by atoms with Crippen molar-refractivity contribution in [1.29, 1.82) is 0 Å². The second kappa shape index (κ2) is 5.51. The number of carboxylic acids is 1. The lowest BCUT2D eigenvalue weighted by Crippen LogP contribution is -2.46. The van der Waals surface area contributed by atoms with Gasteiger partial charge in [-0.15, -0.1) is 0 Å². The van der Waals surface area contributed by atoms with Crippen molar-refractivity contribution in [2.75, 3.05) is 18.1 Å². The number of aromatic nitrogens is 2. The van der Waals surface area contributed by atoms with Crippen molar-refractivity contribution in [3.05, 3.63) is 12.4 Å². The molecule has 9 heteroatoms. The molecule has 1 atom stereocenters. The van der Waals surface area contributed by atoms with Crippen LogP contribution in [0.5, 0.6) is 0 Å². The topological polar surface area (TPSA) is 92.5 Å². The van der Waals surface area contributed by atoms with Crippen molar-refractivity contribution < 1.29 is 18.3 Å². The first kappa shape index (κ1) is 14.4. The molecule has 0 aliphatic carbocycles. The summed E-state index contributed by atoms with van der Waals surface area (Å²) in [7, 11) is -2.02. The summed E-state index contributed by atoms with van der Waals surface area (Å²) in [6, 6.07) is -0.499. The quantitative estimate of drug-likeness (QED) is 0.842. The average Bonchev–Trinajstić information content (AvgIpc) is 2.76. The molecule has 0 spiro atoms. The highest BCUT2D eigenvalue weighted by Gasteiger charge is 2.35. The van der Waals surface area contributed by atoms with Crippen LogP contribution in [-0.2, 0) is 21.9 Å². The van der Waals surface area contributed by atoms with Crippen LogP contribution in [0.2, 0.25) is 0 Å². The van der Waals surface area contributed by atoms with Crippen LogP contribution >= 0.6 is 11.8 Å². The largest absolute Gasteiger partial charge is 0.481 e. The maximum absolute atomic E-state index is 12.5. The molecule has 106 valence electrons. The molecular formula is C10H15N3O4S2. The summed E-state index contributed by atoms with van der Waals surface area (Å²) in [6.07, 6.45) is 2.54. The number of hydrogen-bond donors (Lipinski definition) is 1. The van der Waals surface area contributed by atoms with Gasteiger partial charge in [0.25, 0.3) is 0 Å². The van der Waals surface area contributed by atoms with E-state index in [4.69, 9.17) is 5.11 Å². The van der Waals surface area contributed by atoms with Crippen LogP contribution in [0.3, 0.4) is 0 Å². The molecule has 1 saturated heterocycles. The number of sulfonamides is 1. The van der Waals surface area contributed by atoms with E-state index < -0.39 is 22.0 Å². The van der Waals surface area contributed by atoms with E-state index in [1.54, 1.807) is 18.8 Å². The Hall–Kier alpha value is -1.06. The van der Waals surface area contributed by atoms with Crippen LogP contribution in [0.1, 0.15) is 6.42 Å². The number of carboxylic acid groups (broad SMARTS) is 1. The fourth-order valence-corrected chi connectivity index (χ4v) is 4.87. The lowest BCUT2D eigenvalue weighted by atomic mass is 10.2. The zero-order valence-corrected chi connectivity index (χ0v) is 12.0. The molecule has 1 fully saturated rings. The van der Waals surface area contributed by atoms with Crippen molar-refractivity contribution in [1.82, 2.24) is 14.1 Å². The summed E-state index contributed by atoms with van der Waals surface area (Å²) >= 11 is 1.57. The Morgan fingerprint density at radius 3 is 2.95 bits per heavy atom. The monoisotopic (exact) mass is 305 g/mol. The first-order chi connectivity index (χ1) is 8.91. The van der Waals surface area contributed by atoms with E-state index in [2.05, 4.69) is 5.10 Å². The SMILES string of the molecule is Cn1cc(S(=O)(=O)N2CCSCC2CC(=O)O)cn1. The van der Waals surface area contributed by atoms with Gasteiger partial charge in [-0.2, -0.15) is 21.2 Å². The summed E-state index contributed by atoms with van der Waals surface area (Å²) in [5.41, 5.74) is 0. The minimum Gasteiger partial charge on any atom is -0.481 e. The summed E-state index contributed by atoms with van der Waals surface area (Å²) in [5.74, 6) is 0.195. The molecule has 7 nitrogen and oxygen atoms in total. The minimum absolute atomic E-state index is 0.109. The lowest BCUT2D eigenvalue weighted by molar-refractivity contribution is -0.137. The Morgan fingerprint density at radius 2 is 2.37 bits per heavy atom. The van der Waals surface area contributed by atoms with Crippen molar-refractivity contribution in [3.8, 4) is 0 Å². The Balaban J connectivity index is 2.28. The van der Waals surface area contributed by atoms with Gasteiger partial charge in [0.15, 0.2) is 0 Å². The van der Waals surface area contributed by atoms with Gasteiger partial charge in [-0.1, -0.05) is 0 Å². The van der Waals surface area contributed by atoms with Gasteiger partial charge in [0.1, 0.15) is 4.90 Å². The highest BCUT2D eigenvalue weighted by atomic mass is 32.2. The lowest BCUT2D eigenvalue weighted by Gasteiger charge is -2.33. The summed E-state index contributed by atoms with van der Waals surface area (Å²) in [4.78, 5) is 10.9. The molecule has 0 amide bonds. The molecular weight excluding hydrogens is 290 g/mol. The van der Waals surface area contributed by atoms with E-state index in [0.717, 1.165) is 0 Å². The van der Waals surface area contributed by atoms with E-state index in [1.807, 2.05) is 0 Å². The molecule has 0 bridgehead atoms. The van der Waals surface area contributed by atoms with Gasteiger partial charge in [0, 0.05) is 37.3 Å². The number of thioether (sulfide) groups is 1. The molecule has 0 saturated carbocycles.